The summed E-state index contributed by atoms with van der Waals surface area (Å²) in [6.45, 7) is 4.29. The molecule has 0 radical (unpaired) electrons. The van der Waals surface area contributed by atoms with Gasteiger partial charge in [0.2, 0.25) is 17.7 Å². The minimum Gasteiger partial charge on any atom is -0.494 e. The lowest BCUT2D eigenvalue weighted by atomic mass is 9.93. The third-order valence-corrected chi connectivity index (χ3v) is 9.58. The summed E-state index contributed by atoms with van der Waals surface area (Å²) in [6, 6.07) is 12.8. The summed E-state index contributed by atoms with van der Waals surface area (Å²) >= 11 is 0. The molecule has 3 heterocycles. The van der Waals surface area contributed by atoms with Gasteiger partial charge in [0.05, 0.1) is 19.2 Å². The molecule has 2 aromatic carbocycles. The average Bonchev–Trinajstić information content (AvgIpc) is 3.63. The fourth-order valence-electron chi connectivity index (χ4n) is 7.14. The second-order valence-corrected chi connectivity index (χ2v) is 12.4. The molecule has 0 saturated carbocycles. The van der Waals surface area contributed by atoms with Gasteiger partial charge >= 0.3 is 0 Å². The van der Waals surface area contributed by atoms with Crippen molar-refractivity contribution in [2.45, 2.75) is 57.4 Å². The van der Waals surface area contributed by atoms with E-state index in [-0.39, 0.29) is 53.8 Å². The van der Waals surface area contributed by atoms with Crippen molar-refractivity contribution in [2.75, 3.05) is 45.9 Å². The van der Waals surface area contributed by atoms with Gasteiger partial charge < -0.3 is 24.8 Å². The van der Waals surface area contributed by atoms with Crippen LogP contribution in [0, 0.1) is 5.92 Å². The smallest absolute Gasteiger partial charge is 0.254 e. The molecule has 10 heteroatoms. The Morgan fingerprint density at radius 2 is 1.68 bits per heavy atom. The lowest BCUT2D eigenvalue weighted by Crippen LogP contribution is -2.47. The van der Waals surface area contributed by atoms with Gasteiger partial charge in [-0.3, -0.25) is 24.0 Å². The standard InChI is InChI=1S/C34H40N4O6/c1-22(39)36-15-12-23(13-16-36)33(42)38-19-29-24-6-4-7-25(18-24)44-17-3-2-14-37(21-32(41)35-30(29)20-38)34(43)28-9-5-8-27-26(28)10-11-31(27)40/h4-9,18,23,29-30H,2-3,10-17,19-21H2,1H3,(H,35,41)/t29-,30+/m1/s1. The number of carbonyl (C=O) groups excluding carboxylic acids is 5. The number of benzene rings is 2. The highest BCUT2D eigenvalue weighted by Crippen LogP contribution is 2.33. The van der Waals surface area contributed by atoms with E-state index in [1.807, 2.05) is 29.2 Å². The van der Waals surface area contributed by atoms with Gasteiger partial charge in [-0.25, -0.2) is 0 Å². The average molecular weight is 601 g/mol. The number of Topliss-reactive ketones (excluding diaryl/α,β-unsaturated/α-hetero) is 1. The maximum Gasteiger partial charge on any atom is 0.254 e. The number of hydrogen-bond donors (Lipinski definition) is 1. The van der Waals surface area contributed by atoms with E-state index in [4.69, 9.17) is 4.74 Å². The molecule has 2 bridgehead atoms. The molecular weight excluding hydrogens is 560 g/mol. The molecule has 10 nitrogen and oxygen atoms in total. The highest BCUT2D eigenvalue weighted by Gasteiger charge is 2.40. The normalized spacial score (nSPS) is 22.9. The quantitative estimate of drug-likeness (QED) is 0.567. The zero-order valence-electron chi connectivity index (χ0n) is 25.3. The van der Waals surface area contributed by atoms with E-state index in [9.17, 15) is 24.0 Å². The summed E-state index contributed by atoms with van der Waals surface area (Å²) in [5, 5.41) is 3.17. The summed E-state index contributed by atoms with van der Waals surface area (Å²) in [5.41, 5.74) is 2.84. The molecule has 2 saturated heterocycles. The SMILES string of the molecule is CC(=O)N1CCC(C(=O)N2C[C@@H]3NC(=O)CN(C(=O)c4cccc5c4CCC5=O)CCCCOc4cccc(c4)[C@H]3C2)CC1. The number of piperidine rings is 1. The molecule has 1 aliphatic carbocycles. The number of hydrogen-bond acceptors (Lipinski definition) is 6. The second-order valence-electron chi connectivity index (χ2n) is 12.4. The van der Waals surface area contributed by atoms with Crippen LogP contribution in [-0.4, -0.2) is 96.0 Å². The molecule has 232 valence electrons. The Balaban J connectivity index is 1.22. The first-order valence-electron chi connectivity index (χ1n) is 15.8. The highest BCUT2D eigenvalue weighted by molar-refractivity contribution is 6.06. The highest BCUT2D eigenvalue weighted by atomic mass is 16.5. The molecule has 44 heavy (non-hydrogen) atoms. The van der Waals surface area contributed by atoms with Crippen LogP contribution in [0.15, 0.2) is 42.5 Å². The molecule has 4 amide bonds. The van der Waals surface area contributed by atoms with E-state index < -0.39 is 0 Å². The van der Waals surface area contributed by atoms with Crippen molar-refractivity contribution in [1.82, 2.24) is 20.0 Å². The Bertz CT molecular complexity index is 1470. The Kier molecular flexibility index (Phi) is 8.68. The summed E-state index contributed by atoms with van der Waals surface area (Å²) in [5.74, 6) is 0.0599. The molecule has 0 unspecified atom stereocenters. The van der Waals surface area contributed by atoms with E-state index in [1.165, 1.54) is 0 Å². The lowest BCUT2D eigenvalue weighted by Gasteiger charge is -2.32. The number of likely N-dealkylation sites (tertiary alicyclic amines) is 2. The van der Waals surface area contributed by atoms with Gasteiger partial charge in [0.25, 0.3) is 5.91 Å². The van der Waals surface area contributed by atoms with Gasteiger partial charge in [-0.15, -0.1) is 0 Å². The maximum atomic E-state index is 13.8. The van der Waals surface area contributed by atoms with Gasteiger partial charge in [-0.2, -0.15) is 0 Å². The van der Waals surface area contributed by atoms with E-state index in [2.05, 4.69) is 5.32 Å². The predicted octanol–water partition coefficient (Wildman–Crippen LogP) is 2.80. The Morgan fingerprint density at radius 1 is 0.886 bits per heavy atom. The zero-order valence-corrected chi connectivity index (χ0v) is 25.3. The molecule has 2 atom stereocenters. The number of carbonyl (C=O) groups is 5. The number of ether oxygens (including phenoxy) is 1. The van der Waals surface area contributed by atoms with Crippen molar-refractivity contribution >= 4 is 29.4 Å². The summed E-state index contributed by atoms with van der Waals surface area (Å²) in [6.07, 6.45) is 3.55. The Hall–Kier alpha value is -4.21. The molecule has 4 aliphatic rings. The van der Waals surface area contributed by atoms with Crippen LogP contribution in [0.1, 0.15) is 76.8 Å². The van der Waals surface area contributed by atoms with E-state index in [0.29, 0.717) is 89.0 Å². The monoisotopic (exact) mass is 600 g/mol. The van der Waals surface area contributed by atoms with Crippen molar-refractivity contribution in [3.8, 4) is 5.75 Å². The minimum absolute atomic E-state index is 0.0311. The minimum atomic E-state index is -0.336. The van der Waals surface area contributed by atoms with Gasteiger partial charge in [0.15, 0.2) is 5.78 Å². The van der Waals surface area contributed by atoms with Crippen molar-refractivity contribution in [2.24, 2.45) is 5.92 Å². The lowest BCUT2D eigenvalue weighted by molar-refractivity contribution is -0.139. The number of nitrogens with zero attached hydrogens (tertiary/aromatic N) is 3. The number of rotatable bonds is 2. The first-order chi connectivity index (χ1) is 21.3. The van der Waals surface area contributed by atoms with Crippen molar-refractivity contribution in [1.29, 1.82) is 0 Å². The fraction of sp³-hybridized carbons (Fsp3) is 0.500. The van der Waals surface area contributed by atoms with Crippen molar-refractivity contribution in [3.05, 3.63) is 64.7 Å². The van der Waals surface area contributed by atoms with Crippen LogP contribution in [0.5, 0.6) is 5.75 Å². The predicted molar refractivity (Wildman–Crippen MR) is 162 cm³/mol. The molecular formula is C34H40N4O6. The van der Waals surface area contributed by atoms with Gasteiger partial charge in [0.1, 0.15) is 5.75 Å². The summed E-state index contributed by atoms with van der Waals surface area (Å²) < 4.78 is 6.07. The number of ketones is 1. The Labute approximate surface area is 257 Å². The first kappa shape index (κ1) is 29.8. The third kappa shape index (κ3) is 6.21. The topological polar surface area (TPSA) is 116 Å². The van der Waals surface area contributed by atoms with Crippen LogP contribution in [0.3, 0.4) is 0 Å². The van der Waals surface area contributed by atoms with Gasteiger partial charge in [-0.05, 0) is 61.4 Å². The summed E-state index contributed by atoms with van der Waals surface area (Å²) in [7, 11) is 0. The molecule has 3 aliphatic heterocycles. The van der Waals surface area contributed by atoms with Crippen molar-refractivity contribution < 1.29 is 28.7 Å². The molecule has 2 fully saturated rings. The Morgan fingerprint density at radius 3 is 2.48 bits per heavy atom. The van der Waals surface area contributed by atoms with E-state index in [0.717, 1.165) is 16.9 Å². The maximum absolute atomic E-state index is 13.8. The van der Waals surface area contributed by atoms with Crippen LogP contribution < -0.4 is 10.1 Å². The van der Waals surface area contributed by atoms with Gasteiger partial charge in [0, 0.05) is 69.0 Å². The molecule has 0 aromatic heterocycles. The number of fused-ring (bicyclic) bond motifs is 5. The zero-order chi connectivity index (χ0) is 30.8. The van der Waals surface area contributed by atoms with Crippen LogP contribution in [0.4, 0.5) is 0 Å². The molecule has 2 aromatic rings. The molecule has 1 N–H and O–H groups in total. The third-order valence-electron chi connectivity index (χ3n) is 9.58. The van der Waals surface area contributed by atoms with Crippen LogP contribution in [0.2, 0.25) is 0 Å². The summed E-state index contributed by atoms with van der Waals surface area (Å²) in [4.78, 5) is 70.4. The fourth-order valence-corrected chi connectivity index (χ4v) is 7.14. The van der Waals surface area contributed by atoms with Gasteiger partial charge in [-0.1, -0.05) is 24.3 Å². The largest absolute Gasteiger partial charge is 0.494 e. The van der Waals surface area contributed by atoms with E-state index >= 15 is 0 Å². The molecule has 6 rings (SSSR count). The van der Waals surface area contributed by atoms with Crippen LogP contribution in [0.25, 0.3) is 0 Å². The van der Waals surface area contributed by atoms with Crippen molar-refractivity contribution in [3.63, 3.8) is 0 Å². The number of nitrogens with one attached hydrogen (secondary N) is 1. The van der Waals surface area contributed by atoms with Crippen LogP contribution in [-0.2, 0) is 20.8 Å². The van der Waals surface area contributed by atoms with E-state index in [1.54, 1.807) is 34.9 Å². The first-order valence-corrected chi connectivity index (χ1v) is 15.8. The molecule has 0 spiro atoms. The number of amides is 4. The second kappa shape index (κ2) is 12.8. The van der Waals surface area contributed by atoms with Crippen LogP contribution >= 0.6 is 0 Å².